The van der Waals surface area contributed by atoms with Gasteiger partial charge in [0.25, 0.3) is 0 Å². The number of carbonyl (C=O) groups is 1. The molecule has 0 unspecified atom stereocenters. The van der Waals surface area contributed by atoms with Gasteiger partial charge in [-0.1, -0.05) is 13.3 Å². The Morgan fingerprint density at radius 1 is 1.47 bits per heavy atom. The van der Waals surface area contributed by atoms with Crippen LogP contribution in [0.4, 0.5) is 0 Å². The SMILES string of the molecule is CCCC1(C(=O)O)CCN(CCc2ccsc2)CC1. The number of piperidine rings is 1. The number of thiophene rings is 1. The summed E-state index contributed by atoms with van der Waals surface area (Å²) < 4.78 is 0. The topological polar surface area (TPSA) is 40.5 Å². The Hall–Kier alpha value is -0.870. The summed E-state index contributed by atoms with van der Waals surface area (Å²) in [6.45, 7) is 4.99. The molecule has 2 rings (SSSR count). The molecule has 0 aromatic carbocycles. The van der Waals surface area contributed by atoms with Gasteiger partial charge in [0.05, 0.1) is 5.41 Å². The van der Waals surface area contributed by atoms with Crippen LogP contribution in [0.2, 0.25) is 0 Å². The second kappa shape index (κ2) is 6.53. The van der Waals surface area contributed by atoms with Crippen LogP contribution in [-0.4, -0.2) is 35.6 Å². The number of aliphatic carboxylic acids is 1. The fourth-order valence-corrected chi connectivity index (χ4v) is 3.68. The maximum absolute atomic E-state index is 11.5. The predicted octanol–water partition coefficient (Wildman–Crippen LogP) is 3.26. The molecule has 1 fully saturated rings. The van der Waals surface area contributed by atoms with Crippen molar-refractivity contribution in [1.82, 2.24) is 4.90 Å². The smallest absolute Gasteiger partial charge is 0.309 e. The van der Waals surface area contributed by atoms with Crippen LogP contribution in [0.3, 0.4) is 0 Å². The summed E-state index contributed by atoms with van der Waals surface area (Å²) in [6, 6.07) is 2.17. The number of carboxylic acid groups (broad SMARTS) is 1. The Labute approximate surface area is 119 Å². The highest BCUT2D eigenvalue weighted by atomic mass is 32.1. The largest absolute Gasteiger partial charge is 0.481 e. The molecule has 0 amide bonds. The second-order valence-electron chi connectivity index (χ2n) is 5.56. The molecular formula is C15H23NO2S. The Morgan fingerprint density at radius 2 is 2.21 bits per heavy atom. The normalized spacial score (nSPS) is 19.4. The molecular weight excluding hydrogens is 258 g/mol. The van der Waals surface area contributed by atoms with E-state index in [9.17, 15) is 9.90 Å². The first-order valence-electron chi connectivity index (χ1n) is 7.13. The van der Waals surface area contributed by atoms with Crippen molar-refractivity contribution in [2.24, 2.45) is 5.41 Å². The summed E-state index contributed by atoms with van der Waals surface area (Å²) in [7, 11) is 0. The lowest BCUT2D eigenvalue weighted by molar-refractivity contribution is -0.152. The highest BCUT2D eigenvalue weighted by Crippen LogP contribution is 2.36. The van der Waals surface area contributed by atoms with Crippen LogP contribution in [0.15, 0.2) is 16.8 Å². The fraction of sp³-hybridized carbons (Fsp3) is 0.667. The lowest BCUT2D eigenvalue weighted by atomic mass is 9.75. The molecule has 1 saturated heterocycles. The van der Waals surface area contributed by atoms with E-state index in [0.29, 0.717) is 0 Å². The molecule has 1 aliphatic rings. The van der Waals surface area contributed by atoms with Crippen molar-refractivity contribution in [2.75, 3.05) is 19.6 Å². The maximum atomic E-state index is 11.5. The molecule has 0 bridgehead atoms. The van der Waals surface area contributed by atoms with E-state index < -0.39 is 11.4 Å². The van der Waals surface area contributed by atoms with Crippen LogP contribution >= 0.6 is 11.3 Å². The third-order valence-electron chi connectivity index (χ3n) is 4.29. The van der Waals surface area contributed by atoms with Crippen LogP contribution in [0.1, 0.15) is 38.2 Å². The molecule has 106 valence electrons. The molecule has 3 nitrogen and oxygen atoms in total. The molecule has 0 spiro atoms. The Morgan fingerprint density at radius 3 is 2.74 bits per heavy atom. The summed E-state index contributed by atoms with van der Waals surface area (Å²) in [5, 5.41) is 13.8. The zero-order chi connectivity index (χ0) is 13.7. The van der Waals surface area contributed by atoms with Crippen LogP contribution in [0.5, 0.6) is 0 Å². The Balaban J connectivity index is 1.82. The minimum Gasteiger partial charge on any atom is -0.481 e. The third kappa shape index (κ3) is 3.57. The van der Waals surface area contributed by atoms with Crippen molar-refractivity contribution in [3.63, 3.8) is 0 Å². The van der Waals surface area contributed by atoms with E-state index in [1.807, 2.05) is 0 Å². The standard InChI is InChI=1S/C15H23NO2S/c1-2-5-15(14(17)18)6-9-16(10-7-15)8-3-13-4-11-19-12-13/h4,11-12H,2-3,5-10H2,1H3,(H,17,18). The monoisotopic (exact) mass is 281 g/mol. The van der Waals surface area contributed by atoms with E-state index in [1.165, 1.54) is 5.56 Å². The summed E-state index contributed by atoms with van der Waals surface area (Å²) in [5.41, 5.74) is 0.946. The Kier molecular flexibility index (Phi) is 4.99. The molecule has 0 aliphatic carbocycles. The van der Waals surface area contributed by atoms with E-state index in [4.69, 9.17) is 0 Å². The molecule has 0 radical (unpaired) electrons. The van der Waals surface area contributed by atoms with E-state index in [-0.39, 0.29) is 0 Å². The average Bonchev–Trinajstić information content (AvgIpc) is 2.91. The zero-order valence-electron chi connectivity index (χ0n) is 11.6. The third-order valence-corrected chi connectivity index (χ3v) is 5.02. The summed E-state index contributed by atoms with van der Waals surface area (Å²) in [5.74, 6) is -0.591. The molecule has 4 heteroatoms. The number of hydrogen-bond donors (Lipinski definition) is 1. The lowest BCUT2D eigenvalue weighted by Gasteiger charge is -2.38. The minimum absolute atomic E-state index is 0.451. The highest BCUT2D eigenvalue weighted by Gasteiger charge is 2.40. The van der Waals surface area contributed by atoms with Gasteiger partial charge in [0, 0.05) is 6.54 Å². The van der Waals surface area contributed by atoms with Crippen LogP contribution in [0, 0.1) is 5.41 Å². The summed E-state index contributed by atoms with van der Waals surface area (Å²) >= 11 is 1.74. The van der Waals surface area contributed by atoms with Gasteiger partial charge in [-0.25, -0.2) is 0 Å². The van der Waals surface area contributed by atoms with Gasteiger partial charge in [-0.05, 0) is 61.2 Å². The number of nitrogens with zero attached hydrogens (tertiary/aromatic N) is 1. The minimum atomic E-state index is -0.591. The van der Waals surface area contributed by atoms with E-state index in [1.54, 1.807) is 11.3 Å². The molecule has 1 aliphatic heterocycles. The molecule has 2 heterocycles. The van der Waals surface area contributed by atoms with Crippen molar-refractivity contribution in [1.29, 1.82) is 0 Å². The first-order chi connectivity index (χ1) is 9.16. The van der Waals surface area contributed by atoms with Gasteiger partial charge in [0.1, 0.15) is 0 Å². The zero-order valence-corrected chi connectivity index (χ0v) is 12.4. The van der Waals surface area contributed by atoms with Gasteiger partial charge in [0.2, 0.25) is 0 Å². The van der Waals surface area contributed by atoms with E-state index in [2.05, 4.69) is 28.7 Å². The van der Waals surface area contributed by atoms with E-state index in [0.717, 1.165) is 51.7 Å². The average molecular weight is 281 g/mol. The van der Waals surface area contributed by atoms with Gasteiger partial charge >= 0.3 is 5.97 Å². The predicted molar refractivity (Wildman–Crippen MR) is 78.7 cm³/mol. The van der Waals surface area contributed by atoms with Crippen LogP contribution in [-0.2, 0) is 11.2 Å². The van der Waals surface area contributed by atoms with Gasteiger partial charge in [-0.3, -0.25) is 4.79 Å². The fourth-order valence-electron chi connectivity index (χ4n) is 2.98. The van der Waals surface area contributed by atoms with E-state index >= 15 is 0 Å². The van der Waals surface area contributed by atoms with Crippen molar-refractivity contribution in [3.8, 4) is 0 Å². The summed E-state index contributed by atoms with van der Waals surface area (Å²) in [4.78, 5) is 13.9. The van der Waals surface area contributed by atoms with Gasteiger partial charge in [-0.2, -0.15) is 11.3 Å². The first-order valence-corrected chi connectivity index (χ1v) is 8.07. The van der Waals surface area contributed by atoms with Crippen molar-refractivity contribution >= 4 is 17.3 Å². The van der Waals surface area contributed by atoms with Crippen molar-refractivity contribution in [2.45, 2.75) is 39.0 Å². The van der Waals surface area contributed by atoms with Gasteiger partial charge in [0.15, 0.2) is 0 Å². The molecule has 1 aromatic heterocycles. The lowest BCUT2D eigenvalue weighted by Crippen LogP contribution is -2.44. The molecule has 19 heavy (non-hydrogen) atoms. The number of hydrogen-bond acceptors (Lipinski definition) is 3. The molecule has 1 aromatic rings. The highest BCUT2D eigenvalue weighted by molar-refractivity contribution is 7.07. The van der Waals surface area contributed by atoms with Gasteiger partial charge < -0.3 is 10.0 Å². The Bertz CT molecular complexity index is 394. The van der Waals surface area contributed by atoms with Gasteiger partial charge in [-0.15, -0.1) is 0 Å². The quantitative estimate of drug-likeness (QED) is 0.870. The van der Waals surface area contributed by atoms with Crippen LogP contribution < -0.4 is 0 Å². The first kappa shape index (κ1) is 14.5. The van der Waals surface area contributed by atoms with Crippen molar-refractivity contribution in [3.05, 3.63) is 22.4 Å². The number of likely N-dealkylation sites (tertiary alicyclic amines) is 1. The number of carboxylic acids is 1. The molecule has 0 atom stereocenters. The second-order valence-corrected chi connectivity index (χ2v) is 6.34. The maximum Gasteiger partial charge on any atom is 0.309 e. The molecule has 0 saturated carbocycles. The number of rotatable bonds is 6. The molecule has 1 N–H and O–H groups in total. The van der Waals surface area contributed by atoms with Crippen LogP contribution in [0.25, 0.3) is 0 Å². The van der Waals surface area contributed by atoms with Crippen molar-refractivity contribution < 1.29 is 9.90 Å². The summed E-state index contributed by atoms with van der Waals surface area (Å²) in [6.07, 6.45) is 4.47.